The summed E-state index contributed by atoms with van der Waals surface area (Å²) in [5.41, 5.74) is -0.387. The van der Waals surface area contributed by atoms with Gasteiger partial charge in [-0.15, -0.1) is 10.2 Å². The minimum absolute atomic E-state index is 0.0589. The van der Waals surface area contributed by atoms with Crippen LogP contribution in [0.3, 0.4) is 0 Å². The zero-order valence-corrected chi connectivity index (χ0v) is 15.0. The van der Waals surface area contributed by atoms with Gasteiger partial charge >= 0.3 is 0 Å². The van der Waals surface area contributed by atoms with Crippen LogP contribution in [-0.4, -0.2) is 29.6 Å². The third-order valence-electron chi connectivity index (χ3n) is 3.85. The Bertz CT molecular complexity index is 1200. The number of aryl methyl sites for hydroxylation is 1. The number of aliphatic hydroxyl groups is 1. The van der Waals surface area contributed by atoms with Crippen LogP contribution in [0, 0.1) is 6.92 Å². The Hall–Kier alpha value is -2.98. The minimum Gasteiger partial charge on any atom is -0.505 e. The first kappa shape index (κ1) is 16.5. The quantitative estimate of drug-likeness (QED) is 0.618. The predicted octanol–water partition coefficient (Wildman–Crippen LogP) is 2.16. The average Bonchev–Trinajstić information content (AvgIpc) is 3.02. The number of aromatic nitrogens is 2. The topological polar surface area (TPSA) is 121 Å². The molecule has 0 bridgehead atoms. The van der Waals surface area contributed by atoms with Crippen molar-refractivity contribution >= 4 is 48.9 Å². The number of carbonyl (C=O) groups is 1. The summed E-state index contributed by atoms with van der Waals surface area (Å²) in [5, 5.41) is 22.5. The Labute approximate surface area is 152 Å². The zero-order chi connectivity index (χ0) is 18.5. The Balaban J connectivity index is 1.85. The van der Waals surface area contributed by atoms with Crippen molar-refractivity contribution in [2.24, 2.45) is 0 Å². The standard InChI is InChI=1S/C16H12N4O4S2/c1-8-18-19-16(25-8)17-15(22)12-13(21)11-7-6-9-4-2-3-5-10(9)14(11)26(23,24)20-12/h2-7,20-21H,1H3,(H,17,19,22). The first-order valence-corrected chi connectivity index (χ1v) is 9.76. The summed E-state index contributed by atoms with van der Waals surface area (Å²) in [4.78, 5) is 12.4. The van der Waals surface area contributed by atoms with E-state index in [1.165, 1.54) is 6.07 Å². The van der Waals surface area contributed by atoms with E-state index in [2.05, 4.69) is 20.2 Å². The SMILES string of the molecule is Cc1nnc(NC(=O)C2=C(O)c3ccc4ccccc4c3S(=O)(=O)N2)s1. The molecular weight excluding hydrogens is 376 g/mol. The molecule has 0 atom stereocenters. The molecule has 3 aromatic rings. The summed E-state index contributed by atoms with van der Waals surface area (Å²) in [5.74, 6) is -1.26. The lowest BCUT2D eigenvalue weighted by molar-refractivity contribution is -0.113. The Morgan fingerprint density at radius 3 is 2.69 bits per heavy atom. The molecule has 4 rings (SSSR count). The number of anilines is 1. The molecule has 0 aliphatic carbocycles. The number of hydrogen-bond acceptors (Lipinski definition) is 7. The highest BCUT2D eigenvalue weighted by molar-refractivity contribution is 7.90. The molecule has 132 valence electrons. The van der Waals surface area contributed by atoms with Crippen molar-refractivity contribution in [1.82, 2.24) is 14.9 Å². The molecule has 1 aliphatic rings. The van der Waals surface area contributed by atoms with Crippen molar-refractivity contribution in [3.05, 3.63) is 52.7 Å². The van der Waals surface area contributed by atoms with Gasteiger partial charge in [0.25, 0.3) is 15.9 Å². The molecule has 0 unspecified atom stereocenters. The van der Waals surface area contributed by atoms with Gasteiger partial charge in [0.2, 0.25) is 5.13 Å². The van der Waals surface area contributed by atoms with Crippen molar-refractivity contribution in [2.45, 2.75) is 11.8 Å². The van der Waals surface area contributed by atoms with E-state index in [0.29, 0.717) is 15.8 Å². The number of rotatable bonds is 2. The van der Waals surface area contributed by atoms with Crippen LogP contribution in [0.4, 0.5) is 5.13 Å². The molecule has 0 saturated heterocycles. The lowest BCUT2D eigenvalue weighted by Crippen LogP contribution is -2.35. The monoisotopic (exact) mass is 388 g/mol. The molecule has 0 radical (unpaired) electrons. The fourth-order valence-electron chi connectivity index (χ4n) is 2.75. The van der Waals surface area contributed by atoms with Gasteiger partial charge in [-0.2, -0.15) is 0 Å². The van der Waals surface area contributed by atoms with E-state index >= 15 is 0 Å². The van der Waals surface area contributed by atoms with Crippen molar-refractivity contribution in [3.63, 3.8) is 0 Å². The van der Waals surface area contributed by atoms with Crippen LogP contribution in [0.25, 0.3) is 16.5 Å². The van der Waals surface area contributed by atoms with Gasteiger partial charge in [-0.1, -0.05) is 41.7 Å². The van der Waals surface area contributed by atoms with Gasteiger partial charge in [0.15, 0.2) is 11.5 Å². The molecule has 2 aromatic carbocycles. The second kappa shape index (κ2) is 5.78. The molecule has 1 aliphatic heterocycles. The van der Waals surface area contributed by atoms with E-state index in [1.807, 2.05) is 0 Å². The third-order valence-corrected chi connectivity index (χ3v) is 6.05. The number of nitrogens with one attached hydrogen (secondary N) is 2. The third kappa shape index (κ3) is 2.59. The number of carbonyl (C=O) groups excluding carboxylic acids is 1. The number of fused-ring (bicyclic) bond motifs is 3. The number of amides is 1. The lowest BCUT2D eigenvalue weighted by Gasteiger charge is -2.22. The van der Waals surface area contributed by atoms with Gasteiger partial charge in [-0.25, -0.2) is 8.42 Å². The Kier molecular flexibility index (Phi) is 3.67. The molecular formula is C16H12N4O4S2. The van der Waals surface area contributed by atoms with Crippen LogP contribution in [0.2, 0.25) is 0 Å². The van der Waals surface area contributed by atoms with Crippen LogP contribution in [0.15, 0.2) is 47.0 Å². The fourth-order valence-corrected chi connectivity index (χ4v) is 4.82. The number of benzene rings is 2. The molecule has 26 heavy (non-hydrogen) atoms. The number of nitrogens with zero attached hydrogens (tertiary/aromatic N) is 2. The van der Waals surface area contributed by atoms with Crippen LogP contribution >= 0.6 is 11.3 Å². The highest BCUT2D eigenvalue weighted by Gasteiger charge is 2.34. The number of hydrogen-bond donors (Lipinski definition) is 3. The summed E-state index contributed by atoms with van der Waals surface area (Å²) < 4.78 is 27.6. The van der Waals surface area contributed by atoms with Crippen LogP contribution in [0.1, 0.15) is 10.6 Å². The Morgan fingerprint density at radius 1 is 1.19 bits per heavy atom. The first-order chi connectivity index (χ1) is 12.4. The Morgan fingerprint density at radius 2 is 1.96 bits per heavy atom. The van der Waals surface area contributed by atoms with Gasteiger partial charge in [0.1, 0.15) is 9.90 Å². The molecule has 2 heterocycles. The largest absolute Gasteiger partial charge is 0.505 e. The maximum absolute atomic E-state index is 12.7. The highest BCUT2D eigenvalue weighted by atomic mass is 32.2. The number of sulfonamides is 1. The summed E-state index contributed by atoms with van der Waals surface area (Å²) in [6, 6.07) is 10.1. The summed E-state index contributed by atoms with van der Waals surface area (Å²) in [6.45, 7) is 1.72. The second-order valence-corrected chi connectivity index (χ2v) is 8.37. The minimum atomic E-state index is -4.04. The van der Waals surface area contributed by atoms with Gasteiger partial charge in [-0.3, -0.25) is 14.8 Å². The summed E-state index contributed by atoms with van der Waals surface area (Å²) in [6.07, 6.45) is 0. The summed E-state index contributed by atoms with van der Waals surface area (Å²) in [7, 11) is -4.04. The van der Waals surface area contributed by atoms with E-state index in [4.69, 9.17) is 0 Å². The normalized spacial score (nSPS) is 15.4. The summed E-state index contributed by atoms with van der Waals surface area (Å²) >= 11 is 1.13. The zero-order valence-electron chi connectivity index (χ0n) is 13.3. The molecule has 8 nitrogen and oxygen atoms in total. The van der Waals surface area contributed by atoms with Crippen molar-refractivity contribution in [1.29, 1.82) is 0 Å². The van der Waals surface area contributed by atoms with Crippen LogP contribution in [0.5, 0.6) is 0 Å². The molecule has 10 heteroatoms. The van der Waals surface area contributed by atoms with Crippen LogP contribution < -0.4 is 10.0 Å². The van der Waals surface area contributed by atoms with Crippen LogP contribution in [-0.2, 0) is 14.8 Å². The molecule has 3 N–H and O–H groups in total. The first-order valence-electron chi connectivity index (χ1n) is 7.46. The van der Waals surface area contributed by atoms with Crippen molar-refractivity contribution in [2.75, 3.05) is 5.32 Å². The average molecular weight is 388 g/mol. The maximum Gasteiger partial charge on any atom is 0.278 e. The molecule has 0 spiro atoms. The van der Waals surface area contributed by atoms with E-state index in [9.17, 15) is 18.3 Å². The van der Waals surface area contributed by atoms with E-state index < -0.39 is 27.4 Å². The maximum atomic E-state index is 12.7. The fraction of sp³-hybridized carbons (Fsp3) is 0.0625. The van der Waals surface area contributed by atoms with Gasteiger partial charge < -0.3 is 5.11 Å². The number of aliphatic hydroxyl groups excluding tert-OH is 1. The van der Waals surface area contributed by atoms with Gasteiger partial charge in [-0.05, 0) is 18.4 Å². The van der Waals surface area contributed by atoms with Crippen molar-refractivity contribution < 1.29 is 18.3 Å². The molecule has 0 saturated carbocycles. The second-order valence-electron chi connectivity index (χ2n) is 5.57. The van der Waals surface area contributed by atoms with Gasteiger partial charge in [0.05, 0.1) is 0 Å². The molecule has 1 aromatic heterocycles. The highest BCUT2D eigenvalue weighted by Crippen LogP contribution is 2.35. The lowest BCUT2D eigenvalue weighted by atomic mass is 10.0. The smallest absolute Gasteiger partial charge is 0.278 e. The van der Waals surface area contributed by atoms with E-state index in [-0.39, 0.29) is 15.6 Å². The van der Waals surface area contributed by atoms with Gasteiger partial charge in [0, 0.05) is 10.9 Å². The van der Waals surface area contributed by atoms with E-state index in [1.54, 1.807) is 37.3 Å². The van der Waals surface area contributed by atoms with E-state index in [0.717, 1.165) is 11.3 Å². The molecule has 1 amide bonds. The molecule has 0 fully saturated rings. The predicted molar refractivity (Wildman–Crippen MR) is 97.1 cm³/mol. The van der Waals surface area contributed by atoms with Crippen molar-refractivity contribution in [3.8, 4) is 0 Å².